The fourth-order valence-electron chi connectivity index (χ4n) is 3.38. The molecule has 27 heavy (non-hydrogen) atoms. The molecule has 1 fully saturated rings. The fraction of sp³-hybridized carbons (Fsp3) is 0.688. The summed E-state index contributed by atoms with van der Waals surface area (Å²) in [6, 6.07) is 0. The number of Topliss-reactive ketones (excluding diaryl/α,β-unsaturated/α-hetero) is 3. The van der Waals surface area contributed by atoms with Crippen molar-refractivity contribution in [1.29, 1.82) is 0 Å². The molecule has 1 saturated heterocycles. The van der Waals surface area contributed by atoms with E-state index < -0.39 is 65.1 Å². The normalized spacial score (nSPS) is 35.9. The number of hydrogen-bond donors (Lipinski definition) is 3. The molecule has 1 unspecified atom stereocenters. The Kier molecular flexibility index (Phi) is 6.28. The van der Waals surface area contributed by atoms with Crippen molar-refractivity contribution in [3.05, 3.63) is 0 Å². The van der Waals surface area contributed by atoms with Crippen LogP contribution in [-0.2, 0) is 38.2 Å². The number of aliphatic hydroxyl groups is 3. The first-order valence-electron chi connectivity index (χ1n) is 7.86. The molecule has 0 radical (unpaired) electrons. The highest BCUT2D eigenvalue weighted by Crippen LogP contribution is 2.50. The van der Waals surface area contributed by atoms with E-state index in [-0.39, 0.29) is 0 Å². The molecule has 1 heterocycles. The Bertz CT molecular complexity index is 686. The summed E-state index contributed by atoms with van der Waals surface area (Å²) in [4.78, 5) is 61.0. The van der Waals surface area contributed by atoms with E-state index >= 15 is 0 Å². The smallest absolute Gasteiger partial charge is 0.304 e. The lowest BCUT2D eigenvalue weighted by atomic mass is 9.64. The summed E-state index contributed by atoms with van der Waals surface area (Å²) in [5.74, 6) is -9.65. The fourth-order valence-corrected chi connectivity index (χ4v) is 3.38. The van der Waals surface area contributed by atoms with Gasteiger partial charge >= 0.3 is 11.9 Å². The van der Waals surface area contributed by atoms with Gasteiger partial charge in [-0.05, 0) is 13.8 Å². The average Bonchev–Trinajstić information content (AvgIpc) is 2.52. The third-order valence-electron chi connectivity index (χ3n) is 4.37. The maximum atomic E-state index is 12.6. The summed E-state index contributed by atoms with van der Waals surface area (Å²) in [5, 5.41) is 31.1. The largest absolute Gasteiger partial charge is 0.443 e. The maximum absolute atomic E-state index is 12.6. The van der Waals surface area contributed by atoms with E-state index in [4.69, 9.17) is 14.2 Å². The number of aliphatic hydroxyl groups excluding tert-OH is 2. The molecule has 0 aromatic carbocycles. The number of carbonyl (C=O) groups is 5. The Morgan fingerprint density at radius 2 is 1.37 bits per heavy atom. The molecule has 1 rings (SSSR count). The van der Waals surface area contributed by atoms with Gasteiger partial charge in [0.25, 0.3) is 11.4 Å². The summed E-state index contributed by atoms with van der Waals surface area (Å²) in [7, 11) is 0. The first kappa shape index (κ1) is 22.8. The number of ether oxygens (including phenoxy) is 3. The second kappa shape index (κ2) is 7.43. The zero-order valence-corrected chi connectivity index (χ0v) is 15.5. The average molecular weight is 390 g/mol. The molecule has 11 nitrogen and oxygen atoms in total. The predicted molar refractivity (Wildman–Crippen MR) is 84.0 cm³/mol. The lowest BCUT2D eigenvalue weighted by molar-refractivity contribution is -0.375. The van der Waals surface area contributed by atoms with Crippen LogP contribution in [0.1, 0.15) is 34.6 Å². The Morgan fingerprint density at radius 3 is 1.67 bits per heavy atom. The van der Waals surface area contributed by atoms with Gasteiger partial charge in [-0.15, -0.1) is 0 Å². The second-order valence-electron chi connectivity index (χ2n) is 6.20. The van der Waals surface area contributed by atoms with Crippen molar-refractivity contribution in [2.24, 2.45) is 0 Å². The van der Waals surface area contributed by atoms with Gasteiger partial charge in [-0.3, -0.25) is 24.0 Å². The number of carbonyl (C=O) groups excluding carboxylic acids is 5. The van der Waals surface area contributed by atoms with Gasteiger partial charge in [-0.2, -0.15) is 0 Å². The van der Waals surface area contributed by atoms with Crippen molar-refractivity contribution in [3.8, 4) is 0 Å². The molecule has 5 atom stereocenters. The molecule has 1 aliphatic rings. The van der Waals surface area contributed by atoms with Crippen molar-refractivity contribution in [2.75, 3.05) is 6.61 Å². The van der Waals surface area contributed by atoms with Gasteiger partial charge < -0.3 is 29.5 Å². The molecule has 0 spiro atoms. The van der Waals surface area contributed by atoms with E-state index in [1.807, 2.05) is 0 Å². The number of ketones is 3. The quantitative estimate of drug-likeness (QED) is 0.420. The van der Waals surface area contributed by atoms with E-state index in [1.165, 1.54) is 0 Å². The molecule has 0 bridgehead atoms. The second-order valence-corrected chi connectivity index (χ2v) is 6.20. The first-order valence-corrected chi connectivity index (χ1v) is 7.86. The Morgan fingerprint density at radius 1 is 0.889 bits per heavy atom. The molecular formula is C16H22O11. The van der Waals surface area contributed by atoms with Crippen LogP contribution in [-0.4, -0.2) is 80.4 Å². The van der Waals surface area contributed by atoms with Gasteiger partial charge in [0.15, 0.2) is 17.3 Å². The zero-order chi connectivity index (χ0) is 21.4. The van der Waals surface area contributed by atoms with Gasteiger partial charge in [-0.1, -0.05) is 0 Å². The highest BCUT2D eigenvalue weighted by molar-refractivity contribution is 6.06. The van der Waals surface area contributed by atoms with E-state index in [0.717, 1.165) is 34.6 Å². The highest BCUT2D eigenvalue weighted by atomic mass is 16.7. The van der Waals surface area contributed by atoms with Crippen LogP contribution in [0.2, 0.25) is 0 Å². The molecular weight excluding hydrogens is 368 g/mol. The van der Waals surface area contributed by atoms with Gasteiger partial charge in [-0.25, -0.2) is 0 Å². The van der Waals surface area contributed by atoms with Crippen LogP contribution < -0.4 is 0 Å². The van der Waals surface area contributed by atoms with E-state index in [1.54, 1.807) is 0 Å². The van der Waals surface area contributed by atoms with Gasteiger partial charge in [0.05, 0.1) is 6.61 Å². The predicted octanol–water partition coefficient (Wildman–Crippen LogP) is -2.20. The van der Waals surface area contributed by atoms with Crippen LogP contribution in [0.25, 0.3) is 0 Å². The van der Waals surface area contributed by atoms with Crippen molar-refractivity contribution in [3.63, 3.8) is 0 Å². The molecule has 0 aromatic heterocycles. The lowest BCUT2D eigenvalue weighted by Gasteiger charge is -2.57. The molecule has 152 valence electrons. The third-order valence-corrected chi connectivity index (χ3v) is 4.37. The van der Waals surface area contributed by atoms with Gasteiger partial charge in [0.1, 0.15) is 12.2 Å². The topological polar surface area (TPSA) is 174 Å². The third kappa shape index (κ3) is 3.06. The van der Waals surface area contributed by atoms with Gasteiger partial charge in [0.2, 0.25) is 5.60 Å². The standard InChI is InChI=1S/C16H22O11/c1-7(18)14(25-10(4)21)13(23)12(6-17)27-16(24,9(3)20)15(14,8(2)19)26-11(5)22/h12-13,17,23-24H,6H2,1-5H3/t12-,13-,14+,15-,16?/m1/s1. The summed E-state index contributed by atoms with van der Waals surface area (Å²) in [5.41, 5.74) is -6.33. The minimum atomic E-state index is -3.35. The van der Waals surface area contributed by atoms with Gasteiger partial charge in [0, 0.05) is 20.8 Å². The van der Waals surface area contributed by atoms with Crippen molar-refractivity contribution >= 4 is 29.3 Å². The van der Waals surface area contributed by atoms with E-state index in [2.05, 4.69) is 0 Å². The van der Waals surface area contributed by atoms with E-state index in [9.17, 15) is 39.3 Å². The van der Waals surface area contributed by atoms with Crippen LogP contribution in [0.4, 0.5) is 0 Å². The SMILES string of the molecule is CC(=O)O[C@@]1(C(C)=O)[C@H](O)[C@@H](CO)OC(O)(C(C)=O)[C@@]1(OC(C)=O)C(C)=O. The molecule has 11 heteroatoms. The molecule has 0 aromatic rings. The highest BCUT2D eigenvalue weighted by Gasteiger charge is 2.82. The summed E-state index contributed by atoms with van der Waals surface area (Å²) >= 11 is 0. The zero-order valence-electron chi connectivity index (χ0n) is 15.5. The Hall–Kier alpha value is -2.21. The minimum absolute atomic E-state index is 0.743. The molecule has 3 N–H and O–H groups in total. The molecule has 0 aliphatic carbocycles. The number of esters is 2. The van der Waals surface area contributed by atoms with Crippen LogP contribution in [0.5, 0.6) is 0 Å². The number of rotatable bonds is 6. The van der Waals surface area contributed by atoms with Crippen LogP contribution in [0.15, 0.2) is 0 Å². The Balaban J connectivity index is 4.15. The monoisotopic (exact) mass is 390 g/mol. The summed E-state index contributed by atoms with van der Waals surface area (Å²) in [6.45, 7) is 2.87. The molecule has 1 aliphatic heterocycles. The van der Waals surface area contributed by atoms with Crippen LogP contribution in [0, 0.1) is 0 Å². The van der Waals surface area contributed by atoms with Crippen LogP contribution in [0.3, 0.4) is 0 Å². The summed E-state index contributed by atoms with van der Waals surface area (Å²) < 4.78 is 14.9. The van der Waals surface area contributed by atoms with Crippen molar-refractivity contribution in [1.82, 2.24) is 0 Å². The lowest BCUT2D eigenvalue weighted by Crippen LogP contribution is -2.87. The Labute approximate surface area is 154 Å². The van der Waals surface area contributed by atoms with Crippen molar-refractivity contribution < 1.29 is 53.5 Å². The minimum Gasteiger partial charge on any atom is -0.443 e. The number of hydrogen-bond acceptors (Lipinski definition) is 11. The van der Waals surface area contributed by atoms with Crippen molar-refractivity contribution in [2.45, 2.75) is 63.8 Å². The maximum Gasteiger partial charge on any atom is 0.304 e. The molecule has 0 saturated carbocycles. The van der Waals surface area contributed by atoms with Crippen LogP contribution >= 0.6 is 0 Å². The summed E-state index contributed by atoms with van der Waals surface area (Å²) in [6.07, 6.45) is -4.11. The molecule has 0 amide bonds. The van der Waals surface area contributed by atoms with E-state index in [0.29, 0.717) is 0 Å². The first-order chi connectivity index (χ1) is 12.2.